The summed E-state index contributed by atoms with van der Waals surface area (Å²) >= 11 is 0. The van der Waals surface area contributed by atoms with E-state index in [4.69, 9.17) is 14.0 Å². The lowest BCUT2D eigenvalue weighted by atomic mass is 9.95. The molecule has 0 saturated carbocycles. The summed E-state index contributed by atoms with van der Waals surface area (Å²) in [6.45, 7) is 2.08. The van der Waals surface area contributed by atoms with Crippen LogP contribution in [0, 0.1) is 0 Å². The number of amides is 1. The van der Waals surface area contributed by atoms with E-state index < -0.39 is 0 Å². The third-order valence-corrected chi connectivity index (χ3v) is 5.31. The molecule has 3 aromatic rings. The van der Waals surface area contributed by atoms with Gasteiger partial charge in [0.2, 0.25) is 0 Å². The fraction of sp³-hybridized carbons (Fsp3) is 0.348. The summed E-state index contributed by atoms with van der Waals surface area (Å²) in [7, 11) is 1.58. The molecule has 156 valence electrons. The summed E-state index contributed by atoms with van der Waals surface area (Å²) in [5.41, 5.74) is 1.69. The van der Waals surface area contributed by atoms with E-state index >= 15 is 0 Å². The van der Waals surface area contributed by atoms with Crippen molar-refractivity contribution in [3.63, 3.8) is 0 Å². The molecule has 1 fully saturated rings. The van der Waals surface area contributed by atoms with Crippen molar-refractivity contribution in [2.45, 2.75) is 32.0 Å². The minimum Gasteiger partial charge on any atom is -0.496 e. The number of carbonyl (C=O) groups is 1. The number of benzene rings is 2. The lowest BCUT2D eigenvalue weighted by molar-refractivity contribution is 0.0707. The van der Waals surface area contributed by atoms with Gasteiger partial charge in [-0.15, -0.1) is 0 Å². The van der Waals surface area contributed by atoms with Gasteiger partial charge in [0.05, 0.1) is 19.3 Å². The molecule has 2 aromatic carbocycles. The fourth-order valence-electron chi connectivity index (χ4n) is 3.66. The van der Waals surface area contributed by atoms with Crippen LogP contribution in [0.5, 0.6) is 5.75 Å². The molecule has 1 aliphatic rings. The third kappa shape index (κ3) is 4.68. The number of methoxy groups -OCH3 is 1. The number of aromatic nitrogens is 2. The number of hydrogen-bond donors (Lipinski definition) is 0. The van der Waals surface area contributed by atoms with Gasteiger partial charge in [0.1, 0.15) is 12.4 Å². The van der Waals surface area contributed by atoms with Crippen LogP contribution in [0.3, 0.4) is 0 Å². The van der Waals surface area contributed by atoms with Crippen LogP contribution in [0.25, 0.3) is 0 Å². The van der Waals surface area contributed by atoms with E-state index in [0.717, 1.165) is 18.4 Å². The fourth-order valence-corrected chi connectivity index (χ4v) is 3.66. The number of carbonyl (C=O) groups excluding carboxylic acids is 1. The number of likely N-dealkylation sites (tertiary alicyclic amines) is 1. The summed E-state index contributed by atoms with van der Waals surface area (Å²) < 4.78 is 16.3. The van der Waals surface area contributed by atoms with Gasteiger partial charge < -0.3 is 18.9 Å². The number of hydrogen-bond acceptors (Lipinski definition) is 6. The van der Waals surface area contributed by atoms with Gasteiger partial charge in [0.15, 0.2) is 5.82 Å². The Kier molecular flexibility index (Phi) is 6.39. The highest BCUT2D eigenvalue weighted by molar-refractivity contribution is 5.97. The average molecular weight is 407 g/mol. The van der Waals surface area contributed by atoms with Gasteiger partial charge in [-0.1, -0.05) is 47.6 Å². The third-order valence-electron chi connectivity index (χ3n) is 5.31. The second-order valence-corrected chi connectivity index (χ2v) is 7.29. The molecule has 0 bridgehead atoms. The minimum absolute atomic E-state index is 0.00554. The zero-order chi connectivity index (χ0) is 20.8. The zero-order valence-corrected chi connectivity index (χ0v) is 17.0. The number of rotatable bonds is 7. The van der Waals surface area contributed by atoms with Gasteiger partial charge >= 0.3 is 0 Å². The standard InChI is InChI=1S/C23H25N3O4/c1-28-20-10-6-5-9-19(20)23(27)26-13-11-18(12-14-26)22-24-21(30-25-22)16-29-15-17-7-3-2-4-8-17/h2-10,18H,11-16H2,1H3. The van der Waals surface area contributed by atoms with Crippen LogP contribution in [-0.4, -0.2) is 41.1 Å². The van der Waals surface area contributed by atoms with Gasteiger partial charge in [-0.05, 0) is 30.5 Å². The number of ether oxygens (including phenoxy) is 2. The summed E-state index contributed by atoms with van der Waals surface area (Å²) in [5, 5.41) is 4.13. The monoisotopic (exact) mass is 407 g/mol. The molecule has 2 heterocycles. The normalized spacial score (nSPS) is 14.6. The largest absolute Gasteiger partial charge is 0.496 e. The second-order valence-electron chi connectivity index (χ2n) is 7.29. The van der Waals surface area contributed by atoms with Crippen LogP contribution in [0.2, 0.25) is 0 Å². The molecule has 0 radical (unpaired) electrons. The molecule has 1 aliphatic heterocycles. The van der Waals surface area contributed by atoms with E-state index in [1.807, 2.05) is 47.4 Å². The maximum absolute atomic E-state index is 12.8. The summed E-state index contributed by atoms with van der Waals surface area (Å²) in [6.07, 6.45) is 1.59. The van der Waals surface area contributed by atoms with Crippen molar-refractivity contribution in [3.05, 3.63) is 77.4 Å². The van der Waals surface area contributed by atoms with Crippen molar-refractivity contribution in [2.75, 3.05) is 20.2 Å². The summed E-state index contributed by atoms with van der Waals surface area (Å²) in [5.74, 6) is 1.95. The summed E-state index contributed by atoms with van der Waals surface area (Å²) in [6, 6.07) is 17.3. The van der Waals surface area contributed by atoms with E-state index in [-0.39, 0.29) is 18.4 Å². The molecule has 0 unspecified atom stereocenters. The number of para-hydroxylation sites is 1. The Morgan fingerprint density at radius 1 is 1.07 bits per heavy atom. The van der Waals surface area contributed by atoms with E-state index in [1.165, 1.54) is 0 Å². The van der Waals surface area contributed by atoms with Crippen LogP contribution in [0.15, 0.2) is 59.1 Å². The Bertz CT molecular complexity index is 965. The maximum Gasteiger partial charge on any atom is 0.257 e. The smallest absolute Gasteiger partial charge is 0.257 e. The number of nitrogens with zero attached hydrogens (tertiary/aromatic N) is 3. The number of piperidine rings is 1. The topological polar surface area (TPSA) is 77.7 Å². The highest BCUT2D eigenvalue weighted by Crippen LogP contribution is 2.28. The maximum atomic E-state index is 12.8. The van der Waals surface area contributed by atoms with Crippen LogP contribution in [-0.2, 0) is 18.0 Å². The predicted octanol–water partition coefficient (Wildman–Crippen LogP) is 3.81. The lowest BCUT2D eigenvalue weighted by Crippen LogP contribution is -2.38. The predicted molar refractivity (Wildman–Crippen MR) is 110 cm³/mol. The second kappa shape index (κ2) is 9.54. The first kappa shape index (κ1) is 20.1. The van der Waals surface area contributed by atoms with Crippen molar-refractivity contribution < 1.29 is 18.8 Å². The molecule has 30 heavy (non-hydrogen) atoms. The van der Waals surface area contributed by atoms with Crippen molar-refractivity contribution in [3.8, 4) is 5.75 Å². The average Bonchev–Trinajstić information content (AvgIpc) is 3.28. The van der Waals surface area contributed by atoms with Crippen molar-refractivity contribution in [1.82, 2.24) is 15.0 Å². The molecule has 7 heteroatoms. The molecule has 7 nitrogen and oxygen atoms in total. The first-order valence-electron chi connectivity index (χ1n) is 10.1. The van der Waals surface area contributed by atoms with Gasteiger partial charge in [-0.2, -0.15) is 4.98 Å². The quantitative estimate of drug-likeness (QED) is 0.593. The molecule has 1 saturated heterocycles. The Morgan fingerprint density at radius 3 is 2.57 bits per heavy atom. The highest BCUT2D eigenvalue weighted by Gasteiger charge is 2.28. The van der Waals surface area contributed by atoms with E-state index in [1.54, 1.807) is 19.2 Å². The Labute approximate surface area is 175 Å². The van der Waals surface area contributed by atoms with Crippen LogP contribution in [0.1, 0.15) is 46.4 Å². The molecule has 0 N–H and O–H groups in total. The zero-order valence-electron chi connectivity index (χ0n) is 17.0. The lowest BCUT2D eigenvalue weighted by Gasteiger charge is -2.31. The van der Waals surface area contributed by atoms with Crippen molar-refractivity contribution >= 4 is 5.91 Å². The van der Waals surface area contributed by atoms with Crippen LogP contribution in [0.4, 0.5) is 0 Å². The first-order chi connectivity index (χ1) is 14.7. The molecule has 0 atom stereocenters. The van der Waals surface area contributed by atoms with Crippen LogP contribution >= 0.6 is 0 Å². The van der Waals surface area contributed by atoms with Gasteiger partial charge in [0, 0.05) is 19.0 Å². The van der Waals surface area contributed by atoms with Crippen LogP contribution < -0.4 is 4.74 Å². The van der Waals surface area contributed by atoms with Crippen molar-refractivity contribution in [2.24, 2.45) is 0 Å². The molecule has 4 rings (SSSR count). The SMILES string of the molecule is COc1ccccc1C(=O)N1CCC(c2noc(COCc3ccccc3)n2)CC1. The molecule has 1 aromatic heterocycles. The molecule has 1 amide bonds. The first-order valence-corrected chi connectivity index (χ1v) is 10.1. The van der Waals surface area contributed by atoms with E-state index in [2.05, 4.69) is 10.1 Å². The van der Waals surface area contributed by atoms with Crippen molar-refractivity contribution in [1.29, 1.82) is 0 Å². The molecular formula is C23H25N3O4. The van der Waals surface area contributed by atoms with Gasteiger partial charge in [-0.3, -0.25) is 4.79 Å². The summed E-state index contributed by atoms with van der Waals surface area (Å²) in [4.78, 5) is 19.2. The Morgan fingerprint density at radius 2 is 1.80 bits per heavy atom. The Balaban J connectivity index is 1.28. The van der Waals surface area contributed by atoms with E-state index in [0.29, 0.717) is 42.7 Å². The highest BCUT2D eigenvalue weighted by atomic mass is 16.5. The molecule has 0 spiro atoms. The van der Waals surface area contributed by atoms with Gasteiger partial charge in [-0.25, -0.2) is 0 Å². The van der Waals surface area contributed by atoms with Gasteiger partial charge in [0.25, 0.3) is 11.8 Å². The molecule has 0 aliphatic carbocycles. The van der Waals surface area contributed by atoms with E-state index in [9.17, 15) is 4.79 Å². The Hall–Kier alpha value is -3.19. The minimum atomic E-state index is -0.00554. The molecular weight excluding hydrogens is 382 g/mol.